The van der Waals surface area contributed by atoms with Crippen LogP contribution in [0.1, 0.15) is 12.8 Å². The molecule has 1 aliphatic heterocycles. The molecule has 0 aromatic carbocycles. The van der Waals surface area contributed by atoms with Crippen LogP contribution >= 0.6 is 11.6 Å². The fourth-order valence-corrected chi connectivity index (χ4v) is 2.48. The zero-order chi connectivity index (χ0) is 15.1. The fraction of sp³-hybridized carbons (Fsp3) is 0.571. The molecule has 0 aliphatic carbocycles. The summed E-state index contributed by atoms with van der Waals surface area (Å²) in [7, 11) is 1.58. The smallest absolute Gasteiger partial charge is 0.252 e. The van der Waals surface area contributed by atoms with Gasteiger partial charge in [0.2, 0.25) is 5.88 Å². The van der Waals surface area contributed by atoms with Crippen molar-refractivity contribution in [1.82, 2.24) is 15.6 Å². The van der Waals surface area contributed by atoms with Crippen molar-refractivity contribution >= 4 is 17.5 Å². The van der Waals surface area contributed by atoms with Gasteiger partial charge in [0.1, 0.15) is 17.2 Å². The molecule has 1 aromatic heterocycles. The first-order valence-corrected chi connectivity index (χ1v) is 7.33. The summed E-state index contributed by atoms with van der Waals surface area (Å²) in [6.45, 7) is 2.24. The second kappa shape index (κ2) is 7.59. The lowest BCUT2D eigenvalue weighted by Gasteiger charge is -2.34. The van der Waals surface area contributed by atoms with Crippen molar-refractivity contribution in [3.05, 3.63) is 23.4 Å². The quantitative estimate of drug-likeness (QED) is 0.767. The molecule has 1 saturated heterocycles. The standard InChI is InChI=1S/C14H20ClN3O3/c1-20-14(4-7-16-8-5-14)13(19)18-9-10-21-12-11(15)3-2-6-17-12/h2-3,6,16H,4-5,7-10H2,1H3,(H,18,19). The van der Waals surface area contributed by atoms with Crippen molar-refractivity contribution in [3.63, 3.8) is 0 Å². The van der Waals surface area contributed by atoms with Gasteiger partial charge in [-0.05, 0) is 38.1 Å². The van der Waals surface area contributed by atoms with Gasteiger partial charge in [0.15, 0.2) is 0 Å². The number of nitrogens with zero attached hydrogens (tertiary/aromatic N) is 1. The van der Waals surface area contributed by atoms with Crippen molar-refractivity contribution in [2.24, 2.45) is 0 Å². The lowest BCUT2D eigenvalue weighted by molar-refractivity contribution is -0.146. The molecule has 1 fully saturated rings. The molecule has 0 spiro atoms. The predicted octanol–water partition coefficient (Wildman–Crippen LogP) is 0.999. The van der Waals surface area contributed by atoms with Crippen LogP contribution in [-0.4, -0.2) is 49.8 Å². The first kappa shape index (κ1) is 16.0. The average molecular weight is 314 g/mol. The molecule has 0 bridgehead atoms. The average Bonchev–Trinajstić information content (AvgIpc) is 2.53. The van der Waals surface area contributed by atoms with Gasteiger partial charge >= 0.3 is 0 Å². The molecule has 116 valence electrons. The van der Waals surface area contributed by atoms with Crippen LogP contribution in [0.15, 0.2) is 18.3 Å². The summed E-state index contributed by atoms with van der Waals surface area (Å²) in [5.74, 6) is 0.277. The lowest BCUT2D eigenvalue weighted by Crippen LogP contribution is -2.54. The van der Waals surface area contributed by atoms with E-state index in [1.165, 1.54) is 0 Å². The topological polar surface area (TPSA) is 72.5 Å². The summed E-state index contributed by atoms with van der Waals surface area (Å²) in [6.07, 6.45) is 2.94. The number of piperidine rings is 1. The van der Waals surface area contributed by atoms with Crippen molar-refractivity contribution in [2.45, 2.75) is 18.4 Å². The summed E-state index contributed by atoms with van der Waals surface area (Å²) in [5, 5.41) is 6.52. The minimum Gasteiger partial charge on any atom is -0.475 e. The Bertz CT molecular complexity index is 478. The third-order valence-corrected chi connectivity index (χ3v) is 3.85. The number of methoxy groups -OCH3 is 1. The molecule has 2 rings (SSSR count). The van der Waals surface area contributed by atoms with Crippen LogP contribution in [0.5, 0.6) is 5.88 Å². The number of hydrogen-bond acceptors (Lipinski definition) is 5. The van der Waals surface area contributed by atoms with Crippen LogP contribution in [-0.2, 0) is 9.53 Å². The third kappa shape index (κ3) is 4.06. The van der Waals surface area contributed by atoms with Crippen LogP contribution in [0.3, 0.4) is 0 Å². The van der Waals surface area contributed by atoms with Crippen LogP contribution in [0, 0.1) is 0 Å². The van der Waals surface area contributed by atoms with Gasteiger partial charge in [0, 0.05) is 13.3 Å². The second-order valence-corrected chi connectivity index (χ2v) is 5.25. The van der Waals surface area contributed by atoms with E-state index in [0.717, 1.165) is 13.1 Å². The monoisotopic (exact) mass is 313 g/mol. The Labute approximate surface area is 129 Å². The molecule has 21 heavy (non-hydrogen) atoms. The van der Waals surface area contributed by atoms with Crippen LogP contribution in [0.25, 0.3) is 0 Å². The Morgan fingerprint density at radius 1 is 1.52 bits per heavy atom. The molecule has 0 radical (unpaired) electrons. The molecule has 2 heterocycles. The number of amides is 1. The largest absolute Gasteiger partial charge is 0.475 e. The van der Waals surface area contributed by atoms with Crippen LogP contribution in [0.2, 0.25) is 5.02 Å². The van der Waals surface area contributed by atoms with Crippen molar-refractivity contribution in [1.29, 1.82) is 0 Å². The molecule has 1 amide bonds. The number of aromatic nitrogens is 1. The third-order valence-electron chi connectivity index (χ3n) is 3.57. The Balaban J connectivity index is 1.77. The molecule has 7 heteroatoms. The van der Waals surface area contributed by atoms with Gasteiger partial charge in [-0.15, -0.1) is 0 Å². The number of halogens is 1. The number of rotatable bonds is 6. The Morgan fingerprint density at radius 3 is 2.95 bits per heavy atom. The van der Waals surface area contributed by atoms with Gasteiger partial charge in [-0.3, -0.25) is 4.79 Å². The molecular weight excluding hydrogens is 294 g/mol. The number of ether oxygens (including phenoxy) is 2. The molecule has 6 nitrogen and oxygen atoms in total. The van der Waals surface area contributed by atoms with Gasteiger partial charge in [0.05, 0.1) is 6.54 Å². The van der Waals surface area contributed by atoms with Gasteiger partial charge in [-0.1, -0.05) is 11.6 Å². The SMILES string of the molecule is COC1(C(=O)NCCOc2ncccc2Cl)CCNCC1. The van der Waals surface area contributed by atoms with Crippen molar-refractivity contribution in [3.8, 4) is 5.88 Å². The van der Waals surface area contributed by atoms with E-state index in [2.05, 4.69) is 15.6 Å². The lowest BCUT2D eigenvalue weighted by atomic mass is 9.91. The molecule has 0 unspecified atom stereocenters. The Kier molecular flexibility index (Phi) is 5.78. The first-order chi connectivity index (χ1) is 10.2. The number of nitrogens with one attached hydrogen (secondary N) is 2. The van der Waals surface area contributed by atoms with E-state index in [4.69, 9.17) is 21.1 Å². The van der Waals surface area contributed by atoms with Gasteiger partial charge in [-0.2, -0.15) is 0 Å². The summed E-state index contributed by atoms with van der Waals surface area (Å²) < 4.78 is 10.9. The van der Waals surface area contributed by atoms with Gasteiger partial charge < -0.3 is 20.1 Å². The number of carbonyl (C=O) groups excluding carboxylic acids is 1. The number of carbonyl (C=O) groups is 1. The Morgan fingerprint density at radius 2 is 2.29 bits per heavy atom. The highest BCUT2D eigenvalue weighted by molar-refractivity contribution is 6.31. The molecule has 1 aliphatic rings. The summed E-state index contributed by atoms with van der Waals surface area (Å²) >= 11 is 5.93. The van der Waals surface area contributed by atoms with Crippen LogP contribution in [0.4, 0.5) is 0 Å². The highest BCUT2D eigenvalue weighted by Gasteiger charge is 2.39. The molecule has 0 saturated carbocycles. The molecule has 0 atom stereocenters. The first-order valence-electron chi connectivity index (χ1n) is 6.95. The van der Waals surface area contributed by atoms with Crippen molar-refractivity contribution in [2.75, 3.05) is 33.4 Å². The van der Waals surface area contributed by atoms with E-state index in [9.17, 15) is 4.79 Å². The summed E-state index contributed by atoms with van der Waals surface area (Å²) in [5.41, 5.74) is -0.728. The minimum absolute atomic E-state index is 0.0952. The minimum atomic E-state index is -0.728. The zero-order valence-corrected chi connectivity index (χ0v) is 12.8. The summed E-state index contributed by atoms with van der Waals surface area (Å²) in [4.78, 5) is 16.3. The Hall–Kier alpha value is -1.37. The van der Waals surface area contributed by atoms with Gasteiger partial charge in [-0.25, -0.2) is 4.98 Å². The maximum atomic E-state index is 12.3. The van der Waals surface area contributed by atoms with Crippen LogP contribution < -0.4 is 15.4 Å². The van der Waals surface area contributed by atoms with E-state index in [0.29, 0.717) is 36.9 Å². The van der Waals surface area contributed by atoms with E-state index >= 15 is 0 Å². The summed E-state index contributed by atoms with van der Waals surface area (Å²) in [6, 6.07) is 3.44. The second-order valence-electron chi connectivity index (χ2n) is 4.84. The predicted molar refractivity (Wildman–Crippen MR) is 79.6 cm³/mol. The number of hydrogen-bond donors (Lipinski definition) is 2. The molecule has 1 aromatic rings. The maximum Gasteiger partial charge on any atom is 0.252 e. The maximum absolute atomic E-state index is 12.3. The molecule has 2 N–H and O–H groups in total. The van der Waals surface area contributed by atoms with E-state index in [1.54, 1.807) is 25.4 Å². The van der Waals surface area contributed by atoms with E-state index < -0.39 is 5.60 Å². The fourth-order valence-electron chi connectivity index (χ4n) is 2.31. The zero-order valence-electron chi connectivity index (χ0n) is 12.0. The van der Waals surface area contributed by atoms with E-state index in [1.807, 2.05) is 0 Å². The number of pyridine rings is 1. The normalized spacial score (nSPS) is 17.2. The van der Waals surface area contributed by atoms with Gasteiger partial charge in [0.25, 0.3) is 5.91 Å². The molecular formula is C14H20ClN3O3. The highest BCUT2D eigenvalue weighted by Crippen LogP contribution is 2.22. The van der Waals surface area contributed by atoms with E-state index in [-0.39, 0.29) is 5.91 Å². The van der Waals surface area contributed by atoms with Crippen molar-refractivity contribution < 1.29 is 14.3 Å². The highest BCUT2D eigenvalue weighted by atomic mass is 35.5.